The number of benzene rings is 1. The summed E-state index contributed by atoms with van der Waals surface area (Å²) in [7, 11) is -4.27. The molecule has 0 fully saturated rings. The van der Waals surface area contributed by atoms with Crippen molar-refractivity contribution in [2.24, 2.45) is 0 Å². The number of carbonyl (C=O) groups excluding carboxylic acids is 3. The van der Waals surface area contributed by atoms with Crippen molar-refractivity contribution in [1.29, 1.82) is 0 Å². The number of carboxylic acids is 1. The summed E-state index contributed by atoms with van der Waals surface area (Å²) in [4.78, 5) is 55.9. The van der Waals surface area contributed by atoms with E-state index in [1.807, 2.05) is 32.9 Å². The third-order valence-electron chi connectivity index (χ3n) is 7.80. The van der Waals surface area contributed by atoms with Gasteiger partial charge < -0.3 is 24.6 Å². The number of aliphatic carboxylic acids is 1. The van der Waals surface area contributed by atoms with Crippen LogP contribution in [-0.4, -0.2) is 79.4 Å². The van der Waals surface area contributed by atoms with Crippen LogP contribution in [-0.2, 0) is 46.7 Å². The lowest BCUT2D eigenvalue weighted by molar-refractivity contribution is -0.156. The van der Waals surface area contributed by atoms with Crippen molar-refractivity contribution in [2.75, 3.05) is 24.6 Å². The minimum absolute atomic E-state index is 0.0460. The number of pyridine rings is 1. The molecule has 288 valence electrons. The smallest absolute Gasteiger partial charge is 0.416 e. The van der Waals surface area contributed by atoms with Crippen LogP contribution in [0, 0.1) is 13.8 Å². The van der Waals surface area contributed by atoms with Gasteiger partial charge in [-0.15, -0.1) is 0 Å². The van der Waals surface area contributed by atoms with Crippen LogP contribution in [0.4, 0.5) is 10.6 Å². The van der Waals surface area contributed by atoms with Crippen molar-refractivity contribution in [3.8, 4) is 5.75 Å². The lowest BCUT2D eigenvalue weighted by atomic mass is 10.0. The Morgan fingerprint density at radius 3 is 2.21 bits per heavy atom. The molecule has 2 amide bonds. The molecule has 2 heterocycles. The molecule has 0 saturated carbocycles. The van der Waals surface area contributed by atoms with Crippen LogP contribution in [0.2, 0.25) is 0 Å². The number of ether oxygens (including phenoxy) is 3. The van der Waals surface area contributed by atoms with E-state index in [0.29, 0.717) is 54.9 Å². The summed E-state index contributed by atoms with van der Waals surface area (Å²) in [6, 6.07) is 5.56. The van der Waals surface area contributed by atoms with Crippen LogP contribution in [0.3, 0.4) is 0 Å². The number of sulfonamides is 1. The SMILES string of the molecule is Cc1cc(OCCCC(=O)O)cc(C)c1S(=O)(=O)NC(CNC(=O)CCCCc1ccc2c(n1)N(C(=O)OC(C)(C)C)CCC2)C(=O)OC(C)(C)C. The molecule has 0 aliphatic carbocycles. The minimum Gasteiger partial charge on any atom is -0.494 e. The fourth-order valence-electron chi connectivity index (χ4n) is 5.63. The summed E-state index contributed by atoms with van der Waals surface area (Å²) in [5.41, 5.74) is 0.953. The first-order valence-corrected chi connectivity index (χ1v) is 19.1. The molecule has 2 aromatic rings. The van der Waals surface area contributed by atoms with E-state index < -0.39 is 45.3 Å². The largest absolute Gasteiger partial charge is 0.494 e. The number of hydrogen-bond acceptors (Lipinski definition) is 10. The number of esters is 1. The average Bonchev–Trinajstić information content (AvgIpc) is 3.00. The predicted molar refractivity (Wildman–Crippen MR) is 195 cm³/mol. The predicted octanol–water partition coefficient (Wildman–Crippen LogP) is 5.15. The third-order valence-corrected chi connectivity index (χ3v) is 9.57. The van der Waals surface area contributed by atoms with E-state index in [1.54, 1.807) is 39.5 Å². The van der Waals surface area contributed by atoms with Crippen LogP contribution in [0.1, 0.15) is 102 Å². The molecule has 1 aromatic carbocycles. The number of carbonyl (C=O) groups is 4. The molecular formula is C37H54N4O10S. The number of rotatable bonds is 16. The first-order valence-electron chi connectivity index (χ1n) is 17.6. The van der Waals surface area contributed by atoms with Crippen molar-refractivity contribution >= 4 is 39.8 Å². The summed E-state index contributed by atoms with van der Waals surface area (Å²) in [6.07, 6.45) is 3.29. The number of fused-ring (bicyclic) bond motifs is 1. The number of unbranched alkanes of at least 4 members (excludes halogenated alkanes) is 1. The standard InChI is InChI=1S/C37H54N4O10S/c1-24-21-28(49-20-12-16-31(43)44)22-25(2)32(24)52(47,48)40-29(34(45)50-36(3,4)5)23-38-30(42)15-10-9-14-27-18-17-26-13-11-19-41(33(26)39-27)35(46)51-37(6,7)8/h17-18,21-22,29,40H,9-16,19-20,23H2,1-8H3,(H,38,42)(H,43,44). The molecule has 1 unspecified atom stereocenters. The van der Waals surface area contributed by atoms with Gasteiger partial charge in [0.2, 0.25) is 15.9 Å². The molecule has 1 atom stereocenters. The Hall–Kier alpha value is -4.24. The number of nitrogens with zero attached hydrogens (tertiary/aromatic N) is 2. The van der Waals surface area contributed by atoms with Gasteiger partial charge in [0.15, 0.2) is 0 Å². The van der Waals surface area contributed by atoms with Crippen LogP contribution < -0.4 is 19.7 Å². The van der Waals surface area contributed by atoms with E-state index in [9.17, 15) is 27.6 Å². The van der Waals surface area contributed by atoms with E-state index in [1.165, 1.54) is 12.1 Å². The van der Waals surface area contributed by atoms with Crippen molar-refractivity contribution < 1.29 is 46.9 Å². The monoisotopic (exact) mass is 746 g/mol. The zero-order chi connectivity index (χ0) is 38.9. The van der Waals surface area contributed by atoms with E-state index in [-0.39, 0.29) is 36.8 Å². The number of hydrogen-bond donors (Lipinski definition) is 3. The van der Waals surface area contributed by atoms with Crippen molar-refractivity contribution in [2.45, 2.75) is 129 Å². The van der Waals surface area contributed by atoms with E-state index >= 15 is 0 Å². The molecule has 1 aromatic heterocycles. The Morgan fingerprint density at radius 1 is 0.942 bits per heavy atom. The number of anilines is 1. The normalized spacial score (nSPS) is 13.9. The number of aromatic nitrogens is 1. The molecule has 15 heteroatoms. The maximum Gasteiger partial charge on any atom is 0.416 e. The molecule has 3 rings (SSSR count). The van der Waals surface area contributed by atoms with Crippen molar-refractivity contribution in [1.82, 2.24) is 15.0 Å². The number of carboxylic acid groups (broad SMARTS) is 1. The highest BCUT2D eigenvalue weighted by atomic mass is 32.2. The Kier molecular flexibility index (Phi) is 14.6. The highest BCUT2D eigenvalue weighted by Gasteiger charge is 2.32. The highest BCUT2D eigenvalue weighted by Crippen LogP contribution is 2.28. The van der Waals surface area contributed by atoms with Crippen LogP contribution in [0.5, 0.6) is 5.75 Å². The lowest BCUT2D eigenvalue weighted by Gasteiger charge is -2.31. The van der Waals surface area contributed by atoms with Gasteiger partial charge in [-0.2, -0.15) is 4.72 Å². The van der Waals surface area contributed by atoms with Gasteiger partial charge in [0, 0.05) is 31.6 Å². The summed E-state index contributed by atoms with van der Waals surface area (Å²) in [6.45, 7) is 14.0. The van der Waals surface area contributed by atoms with Gasteiger partial charge in [0.25, 0.3) is 0 Å². The van der Waals surface area contributed by atoms with Crippen LogP contribution in [0.25, 0.3) is 0 Å². The molecular weight excluding hydrogens is 692 g/mol. The number of nitrogens with one attached hydrogen (secondary N) is 2. The molecule has 0 spiro atoms. The van der Waals surface area contributed by atoms with Gasteiger partial charge in [0.1, 0.15) is 28.8 Å². The summed E-state index contributed by atoms with van der Waals surface area (Å²) >= 11 is 0. The molecule has 1 aliphatic heterocycles. The molecule has 0 radical (unpaired) electrons. The molecule has 0 saturated heterocycles. The average molecular weight is 747 g/mol. The zero-order valence-corrected chi connectivity index (χ0v) is 32.4. The van der Waals surface area contributed by atoms with Gasteiger partial charge in [-0.3, -0.25) is 19.3 Å². The summed E-state index contributed by atoms with van der Waals surface area (Å²) < 4.78 is 46.4. The zero-order valence-electron chi connectivity index (χ0n) is 31.6. The third kappa shape index (κ3) is 13.4. The minimum atomic E-state index is -4.27. The van der Waals surface area contributed by atoms with Crippen molar-refractivity contribution in [3.05, 3.63) is 46.6 Å². The van der Waals surface area contributed by atoms with Crippen LogP contribution in [0.15, 0.2) is 29.2 Å². The topological polar surface area (TPSA) is 191 Å². The maximum atomic E-state index is 13.6. The Labute approximate surface area is 307 Å². The molecule has 14 nitrogen and oxygen atoms in total. The second-order valence-electron chi connectivity index (χ2n) is 15.0. The molecule has 52 heavy (non-hydrogen) atoms. The Bertz CT molecular complexity index is 1690. The van der Waals surface area contributed by atoms with Gasteiger partial charge in [0.05, 0.1) is 11.5 Å². The first-order chi connectivity index (χ1) is 24.1. The quantitative estimate of drug-likeness (QED) is 0.152. The first kappa shape index (κ1) is 42.2. The second kappa shape index (κ2) is 18.0. The van der Waals surface area contributed by atoms with Gasteiger partial charge in [-0.25, -0.2) is 18.2 Å². The summed E-state index contributed by atoms with van der Waals surface area (Å²) in [5, 5.41) is 11.5. The van der Waals surface area contributed by atoms with E-state index in [4.69, 9.17) is 24.3 Å². The Morgan fingerprint density at radius 2 is 1.60 bits per heavy atom. The van der Waals surface area contributed by atoms with E-state index in [0.717, 1.165) is 24.1 Å². The summed E-state index contributed by atoms with van der Waals surface area (Å²) in [5.74, 6) is -1.15. The number of aryl methyl sites for hydroxylation is 4. The van der Waals surface area contributed by atoms with Gasteiger partial charge in [-0.1, -0.05) is 6.07 Å². The second-order valence-corrected chi connectivity index (χ2v) is 16.6. The van der Waals surface area contributed by atoms with Gasteiger partial charge >= 0.3 is 18.0 Å². The molecule has 3 N–H and O–H groups in total. The molecule has 0 bridgehead atoms. The molecule has 1 aliphatic rings. The van der Waals surface area contributed by atoms with E-state index in [2.05, 4.69) is 10.0 Å². The Balaban J connectivity index is 1.61. The highest BCUT2D eigenvalue weighted by molar-refractivity contribution is 7.89. The van der Waals surface area contributed by atoms with Gasteiger partial charge in [-0.05, 0) is 129 Å². The number of amides is 2. The maximum absolute atomic E-state index is 13.6. The fourth-order valence-corrected chi connectivity index (χ4v) is 7.27. The van der Waals surface area contributed by atoms with Crippen LogP contribution >= 0.6 is 0 Å². The lowest BCUT2D eigenvalue weighted by Crippen LogP contribution is -2.50. The van der Waals surface area contributed by atoms with Crippen molar-refractivity contribution in [3.63, 3.8) is 0 Å². The fraction of sp³-hybridized carbons (Fsp3) is 0.595.